The van der Waals surface area contributed by atoms with Gasteiger partial charge in [0.2, 0.25) is 10.0 Å². The minimum atomic E-state index is -3.29. The minimum Gasteiger partial charge on any atom is -0.269 e. The number of rotatable bonds is 3. The highest BCUT2D eigenvalue weighted by atomic mass is 79.9. The molecule has 1 aliphatic heterocycles. The van der Waals surface area contributed by atoms with E-state index < -0.39 is 10.0 Å². The highest BCUT2D eigenvalue weighted by Gasteiger charge is 2.41. The molecule has 1 aromatic carbocycles. The van der Waals surface area contributed by atoms with E-state index in [4.69, 9.17) is 5.26 Å². The van der Waals surface area contributed by atoms with Gasteiger partial charge in [-0.3, -0.25) is 4.31 Å². The smallest absolute Gasteiger partial charge is 0.232 e. The molecule has 0 bridgehead atoms. The van der Waals surface area contributed by atoms with Crippen molar-refractivity contribution in [2.45, 2.75) is 25.2 Å². The number of sulfonamides is 1. The standard InChI is InChI=1S/C13H15BrN2O2S/c1-13(6-3-7-15)9-16(19(2,17)18)12-5-4-10(14)8-11(12)13/h4-5,8H,3,6,9H2,1-2H3. The Kier molecular flexibility index (Phi) is 3.63. The van der Waals surface area contributed by atoms with Gasteiger partial charge in [0, 0.05) is 22.9 Å². The lowest BCUT2D eigenvalue weighted by Crippen LogP contribution is -2.34. The second-order valence-electron chi connectivity index (χ2n) is 5.15. The van der Waals surface area contributed by atoms with Crippen LogP contribution in [0.2, 0.25) is 0 Å². The first-order valence-electron chi connectivity index (χ1n) is 5.93. The van der Waals surface area contributed by atoms with E-state index >= 15 is 0 Å². The van der Waals surface area contributed by atoms with Crippen LogP contribution in [0.25, 0.3) is 0 Å². The van der Waals surface area contributed by atoms with Crippen LogP contribution in [0.4, 0.5) is 5.69 Å². The number of hydrogen-bond donors (Lipinski definition) is 0. The molecule has 19 heavy (non-hydrogen) atoms. The van der Waals surface area contributed by atoms with Gasteiger partial charge >= 0.3 is 0 Å². The highest BCUT2D eigenvalue weighted by molar-refractivity contribution is 9.10. The maximum atomic E-state index is 11.9. The number of fused-ring (bicyclic) bond motifs is 1. The third-order valence-electron chi connectivity index (χ3n) is 3.56. The maximum Gasteiger partial charge on any atom is 0.232 e. The van der Waals surface area contributed by atoms with Crippen LogP contribution in [0.5, 0.6) is 0 Å². The molecule has 2 rings (SSSR count). The molecule has 1 unspecified atom stereocenters. The number of anilines is 1. The fourth-order valence-corrected chi connectivity index (χ4v) is 3.93. The summed E-state index contributed by atoms with van der Waals surface area (Å²) in [5, 5.41) is 8.78. The van der Waals surface area contributed by atoms with Crippen LogP contribution in [0, 0.1) is 11.3 Å². The number of benzene rings is 1. The van der Waals surface area contributed by atoms with Gasteiger partial charge in [0.15, 0.2) is 0 Å². The Morgan fingerprint density at radius 1 is 1.53 bits per heavy atom. The van der Waals surface area contributed by atoms with E-state index in [-0.39, 0.29) is 5.41 Å². The van der Waals surface area contributed by atoms with Crippen LogP contribution in [-0.2, 0) is 15.4 Å². The van der Waals surface area contributed by atoms with Crippen molar-refractivity contribution >= 4 is 31.6 Å². The molecule has 1 heterocycles. The van der Waals surface area contributed by atoms with Crippen LogP contribution in [0.3, 0.4) is 0 Å². The number of halogens is 1. The summed E-state index contributed by atoms with van der Waals surface area (Å²) in [7, 11) is -3.29. The Morgan fingerprint density at radius 2 is 2.21 bits per heavy atom. The van der Waals surface area contributed by atoms with E-state index in [1.165, 1.54) is 10.6 Å². The molecule has 0 fully saturated rings. The molecular weight excluding hydrogens is 328 g/mol. The first kappa shape index (κ1) is 14.4. The zero-order valence-electron chi connectivity index (χ0n) is 10.9. The van der Waals surface area contributed by atoms with Crippen molar-refractivity contribution in [1.82, 2.24) is 0 Å². The van der Waals surface area contributed by atoms with Crippen LogP contribution in [0.15, 0.2) is 22.7 Å². The normalized spacial score (nSPS) is 22.1. The van der Waals surface area contributed by atoms with E-state index in [2.05, 4.69) is 22.0 Å². The number of nitriles is 1. The summed E-state index contributed by atoms with van der Waals surface area (Å²) >= 11 is 3.42. The Bertz CT molecular complexity index is 651. The summed E-state index contributed by atoms with van der Waals surface area (Å²) in [5.41, 5.74) is 1.41. The molecule has 0 saturated heterocycles. The van der Waals surface area contributed by atoms with E-state index in [0.717, 1.165) is 15.7 Å². The van der Waals surface area contributed by atoms with Gasteiger partial charge in [-0.25, -0.2) is 8.42 Å². The highest BCUT2D eigenvalue weighted by Crippen LogP contribution is 2.45. The largest absolute Gasteiger partial charge is 0.269 e. The van der Waals surface area contributed by atoms with Crippen molar-refractivity contribution < 1.29 is 8.42 Å². The maximum absolute atomic E-state index is 11.9. The molecule has 1 aromatic rings. The molecular formula is C13H15BrN2O2S. The molecule has 0 aliphatic carbocycles. The quantitative estimate of drug-likeness (QED) is 0.848. The summed E-state index contributed by atoms with van der Waals surface area (Å²) in [5.74, 6) is 0. The van der Waals surface area contributed by atoms with Gasteiger partial charge in [-0.2, -0.15) is 5.26 Å². The molecule has 1 atom stereocenters. The number of nitrogens with zero attached hydrogens (tertiary/aromatic N) is 2. The number of hydrogen-bond acceptors (Lipinski definition) is 3. The fraction of sp³-hybridized carbons (Fsp3) is 0.462. The van der Waals surface area contributed by atoms with Crippen LogP contribution in [0.1, 0.15) is 25.3 Å². The first-order chi connectivity index (χ1) is 8.78. The van der Waals surface area contributed by atoms with Gasteiger partial charge in [0.25, 0.3) is 0 Å². The Labute approximate surface area is 122 Å². The summed E-state index contributed by atoms with van der Waals surface area (Å²) < 4.78 is 26.1. The van der Waals surface area contributed by atoms with Gasteiger partial charge in [-0.05, 0) is 30.2 Å². The Morgan fingerprint density at radius 3 is 2.79 bits per heavy atom. The minimum absolute atomic E-state index is 0.308. The van der Waals surface area contributed by atoms with E-state index in [0.29, 0.717) is 19.4 Å². The van der Waals surface area contributed by atoms with Gasteiger partial charge in [0.1, 0.15) is 0 Å². The lowest BCUT2D eigenvalue weighted by molar-refractivity contribution is 0.474. The molecule has 0 amide bonds. The summed E-state index contributed by atoms with van der Waals surface area (Å²) in [4.78, 5) is 0. The van der Waals surface area contributed by atoms with Crippen LogP contribution < -0.4 is 4.31 Å². The van der Waals surface area contributed by atoms with Gasteiger partial charge in [-0.15, -0.1) is 0 Å². The van der Waals surface area contributed by atoms with Gasteiger partial charge < -0.3 is 0 Å². The predicted molar refractivity (Wildman–Crippen MR) is 78.5 cm³/mol. The Hall–Kier alpha value is -1.06. The zero-order chi connectivity index (χ0) is 14.3. The second-order valence-corrected chi connectivity index (χ2v) is 7.97. The lowest BCUT2D eigenvalue weighted by atomic mass is 9.80. The van der Waals surface area contributed by atoms with Crippen molar-refractivity contribution in [3.8, 4) is 6.07 Å². The fourth-order valence-electron chi connectivity index (χ4n) is 2.54. The van der Waals surface area contributed by atoms with Crippen molar-refractivity contribution in [2.24, 2.45) is 0 Å². The average Bonchev–Trinajstić information content (AvgIpc) is 2.61. The molecule has 0 N–H and O–H groups in total. The van der Waals surface area contributed by atoms with Crippen molar-refractivity contribution in [1.29, 1.82) is 5.26 Å². The molecule has 0 saturated carbocycles. The zero-order valence-corrected chi connectivity index (χ0v) is 13.3. The summed E-state index contributed by atoms with van der Waals surface area (Å²) in [6.07, 6.45) is 2.29. The second kappa shape index (κ2) is 4.80. The van der Waals surface area contributed by atoms with E-state index in [9.17, 15) is 8.42 Å². The third kappa shape index (κ3) is 2.63. The van der Waals surface area contributed by atoms with Crippen molar-refractivity contribution in [3.63, 3.8) is 0 Å². The molecule has 102 valence electrons. The first-order valence-corrected chi connectivity index (χ1v) is 8.57. The molecule has 0 aromatic heterocycles. The van der Waals surface area contributed by atoms with E-state index in [1.54, 1.807) is 0 Å². The van der Waals surface area contributed by atoms with Crippen LogP contribution >= 0.6 is 15.9 Å². The SMILES string of the molecule is CC1(CCC#N)CN(S(C)(=O)=O)c2ccc(Br)cc21. The third-order valence-corrected chi connectivity index (χ3v) is 5.18. The van der Waals surface area contributed by atoms with Crippen molar-refractivity contribution in [2.75, 3.05) is 17.1 Å². The Balaban J connectivity index is 2.54. The lowest BCUT2D eigenvalue weighted by Gasteiger charge is -2.24. The van der Waals surface area contributed by atoms with Crippen molar-refractivity contribution in [3.05, 3.63) is 28.2 Å². The van der Waals surface area contributed by atoms with E-state index in [1.807, 2.05) is 25.1 Å². The summed E-state index contributed by atoms with van der Waals surface area (Å²) in [6.45, 7) is 2.42. The molecule has 4 nitrogen and oxygen atoms in total. The molecule has 0 spiro atoms. The van der Waals surface area contributed by atoms with Gasteiger partial charge in [-0.1, -0.05) is 22.9 Å². The average molecular weight is 343 g/mol. The predicted octanol–water partition coefficient (Wildman–Crippen LogP) is 2.79. The monoisotopic (exact) mass is 342 g/mol. The molecule has 6 heteroatoms. The van der Waals surface area contributed by atoms with Crippen LogP contribution in [-0.4, -0.2) is 21.2 Å². The topological polar surface area (TPSA) is 61.2 Å². The van der Waals surface area contributed by atoms with Gasteiger partial charge in [0.05, 0.1) is 18.0 Å². The molecule has 1 aliphatic rings. The summed E-state index contributed by atoms with van der Waals surface area (Å²) in [6, 6.07) is 7.75. The molecule has 0 radical (unpaired) electrons.